The first-order chi connectivity index (χ1) is 31.0. The molecule has 0 bridgehead atoms. The average molecular weight is 906 g/mol. The van der Waals surface area contributed by atoms with Crippen molar-refractivity contribution in [3.05, 3.63) is 115 Å². The fourth-order valence-electron chi connectivity index (χ4n) is 7.31. The highest BCUT2D eigenvalue weighted by atomic mass is 32.1. The van der Waals surface area contributed by atoms with Gasteiger partial charge in [-0.3, -0.25) is 4.79 Å². The van der Waals surface area contributed by atoms with Crippen LogP contribution in [-0.2, 0) is 30.5 Å². The van der Waals surface area contributed by atoms with Crippen LogP contribution < -0.4 is 5.32 Å². The van der Waals surface area contributed by atoms with Gasteiger partial charge < -0.3 is 5.32 Å². The molecule has 63 heavy (non-hydrogen) atoms. The Morgan fingerprint density at radius 3 is 1.11 bits per heavy atom. The van der Waals surface area contributed by atoms with Crippen LogP contribution in [0.25, 0.3) is 0 Å². The van der Waals surface area contributed by atoms with Gasteiger partial charge in [0.1, 0.15) is 0 Å². The number of anilines is 1. The molecule has 0 radical (unpaired) electrons. The Balaban J connectivity index is 1.43. The van der Waals surface area contributed by atoms with Gasteiger partial charge in [-0.15, -0.1) is 51.8 Å². The van der Waals surface area contributed by atoms with Gasteiger partial charge in [0.05, 0.1) is 39.0 Å². The molecule has 0 aliphatic carbocycles. The van der Waals surface area contributed by atoms with Crippen molar-refractivity contribution >= 4 is 57.4 Å². The van der Waals surface area contributed by atoms with Crippen LogP contribution in [0.2, 0.25) is 0 Å². The number of thiophene rings is 4. The molecule has 0 unspecified atom stereocenters. The molecule has 0 saturated heterocycles. The Morgan fingerprint density at radius 1 is 0.444 bits per heavy atom. The zero-order valence-electron chi connectivity index (χ0n) is 38.0. The molecule has 0 saturated carbocycles. The summed E-state index contributed by atoms with van der Waals surface area (Å²) < 4.78 is 0. The third-order valence-corrected chi connectivity index (χ3v) is 15.0. The van der Waals surface area contributed by atoms with E-state index < -0.39 is 0 Å². The second kappa shape index (κ2) is 28.2. The number of carbonyl (C=O) groups excluding carboxylic acids is 1. The standard InChI is InChI=1S/C57H63NOS4/c1-6-11-15-19-23-45-39-50(10-5)60-55(45)36-32-52-41-47(25-21-17-13-8-3)57(62-52)38-34-53-42-48(26-22-18-14-9-4)56(63-53)37-33-51-40-46(24-20-16-12-7-2)54(61-51)35-29-44-27-30-49(31-28-44)58-43-59/h5,27-28,30-31,39-43H,6-9,11-26H2,1-4H3,(H,58,59). The Morgan fingerprint density at radius 2 is 0.778 bits per heavy atom. The van der Waals surface area contributed by atoms with E-state index in [-0.39, 0.29) is 0 Å². The molecule has 6 heteroatoms. The van der Waals surface area contributed by atoms with E-state index >= 15 is 0 Å². The first-order valence-corrected chi connectivity index (χ1v) is 26.6. The van der Waals surface area contributed by atoms with Crippen LogP contribution in [-0.4, -0.2) is 6.41 Å². The minimum absolute atomic E-state index is 0.691. The van der Waals surface area contributed by atoms with E-state index in [9.17, 15) is 4.79 Å². The zero-order valence-corrected chi connectivity index (χ0v) is 41.2. The molecular formula is C57H63NOS4. The number of aryl methyl sites for hydroxylation is 4. The van der Waals surface area contributed by atoms with Crippen molar-refractivity contribution in [2.75, 3.05) is 5.32 Å². The van der Waals surface area contributed by atoms with Crippen molar-refractivity contribution in [2.24, 2.45) is 0 Å². The van der Waals surface area contributed by atoms with E-state index in [0.29, 0.717) is 6.41 Å². The maximum Gasteiger partial charge on any atom is 0.211 e. The Bertz CT molecular complexity index is 2500. The monoisotopic (exact) mass is 905 g/mol. The topological polar surface area (TPSA) is 29.1 Å². The predicted octanol–water partition coefficient (Wildman–Crippen LogP) is 15.6. The maximum atomic E-state index is 10.8. The van der Waals surface area contributed by atoms with Gasteiger partial charge >= 0.3 is 0 Å². The van der Waals surface area contributed by atoms with E-state index in [1.54, 1.807) is 45.3 Å². The van der Waals surface area contributed by atoms with Crippen molar-refractivity contribution in [1.29, 1.82) is 0 Å². The molecule has 0 aliphatic rings. The number of carbonyl (C=O) groups is 1. The molecule has 4 heterocycles. The zero-order chi connectivity index (χ0) is 44.5. The molecule has 5 aromatic rings. The van der Waals surface area contributed by atoms with Crippen molar-refractivity contribution < 1.29 is 4.79 Å². The maximum absolute atomic E-state index is 10.8. The van der Waals surface area contributed by atoms with Crippen molar-refractivity contribution in [2.45, 2.75) is 156 Å². The van der Waals surface area contributed by atoms with Crippen LogP contribution in [0, 0.1) is 59.7 Å². The van der Waals surface area contributed by atoms with E-state index in [1.165, 1.54) is 106 Å². The fraction of sp³-hybridized carbons (Fsp3) is 0.421. The van der Waals surface area contributed by atoms with Gasteiger partial charge in [0, 0.05) is 11.3 Å². The van der Waals surface area contributed by atoms with Gasteiger partial charge in [-0.05, 0) is 158 Å². The molecule has 1 amide bonds. The summed E-state index contributed by atoms with van der Waals surface area (Å²) in [6, 6.07) is 16.7. The average Bonchev–Trinajstić information content (AvgIpc) is 4.09. The highest BCUT2D eigenvalue weighted by molar-refractivity contribution is 7.14. The van der Waals surface area contributed by atoms with Gasteiger partial charge in [0.2, 0.25) is 6.41 Å². The first kappa shape index (κ1) is 49.3. The number of hydrogen-bond acceptors (Lipinski definition) is 5. The van der Waals surface area contributed by atoms with Crippen molar-refractivity contribution in [1.82, 2.24) is 0 Å². The lowest BCUT2D eigenvalue weighted by atomic mass is 10.1. The van der Waals surface area contributed by atoms with Crippen LogP contribution in [0.15, 0.2) is 48.5 Å². The first-order valence-electron chi connectivity index (χ1n) is 23.3. The second-order valence-electron chi connectivity index (χ2n) is 16.1. The second-order valence-corrected chi connectivity index (χ2v) is 20.3. The van der Waals surface area contributed by atoms with Gasteiger partial charge in [0.15, 0.2) is 0 Å². The van der Waals surface area contributed by atoms with Crippen LogP contribution >= 0.6 is 45.3 Å². The lowest BCUT2D eigenvalue weighted by Crippen LogP contribution is -1.92. The number of terminal acetylenes is 1. The summed E-state index contributed by atoms with van der Waals surface area (Å²) >= 11 is 6.80. The summed E-state index contributed by atoms with van der Waals surface area (Å²) in [5.74, 6) is 31.1. The number of benzene rings is 1. The quantitative estimate of drug-likeness (QED) is 0.0418. The van der Waals surface area contributed by atoms with Crippen LogP contribution in [0.5, 0.6) is 0 Å². The summed E-state index contributed by atoms with van der Waals surface area (Å²) in [5.41, 5.74) is 6.87. The van der Waals surface area contributed by atoms with Crippen molar-refractivity contribution in [3.63, 3.8) is 0 Å². The van der Waals surface area contributed by atoms with E-state index in [1.807, 2.05) is 24.3 Å². The summed E-state index contributed by atoms with van der Waals surface area (Å²) in [5, 5.41) is 2.69. The third-order valence-electron chi connectivity index (χ3n) is 10.9. The van der Waals surface area contributed by atoms with E-state index in [0.717, 1.165) is 95.2 Å². The predicted molar refractivity (Wildman–Crippen MR) is 277 cm³/mol. The minimum Gasteiger partial charge on any atom is -0.329 e. The Labute approximate surface area is 396 Å². The van der Waals surface area contributed by atoms with Gasteiger partial charge in [-0.1, -0.05) is 123 Å². The summed E-state index contributed by atoms with van der Waals surface area (Å²) in [7, 11) is 0. The molecule has 0 atom stereocenters. The van der Waals surface area contributed by atoms with Gasteiger partial charge in [-0.25, -0.2) is 0 Å². The van der Waals surface area contributed by atoms with Crippen molar-refractivity contribution in [3.8, 4) is 59.7 Å². The summed E-state index contributed by atoms with van der Waals surface area (Å²) in [6.45, 7) is 9.03. The molecular weight excluding hydrogens is 843 g/mol. The number of hydrogen-bond donors (Lipinski definition) is 1. The lowest BCUT2D eigenvalue weighted by molar-refractivity contribution is -0.105. The lowest BCUT2D eigenvalue weighted by Gasteiger charge is -1.99. The molecule has 1 N–H and O–H groups in total. The smallest absolute Gasteiger partial charge is 0.211 e. The highest BCUT2D eigenvalue weighted by Gasteiger charge is 2.12. The molecule has 4 aromatic heterocycles. The van der Waals surface area contributed by atoms with E-state index in [2.05, 4.69) is 111 Å². The van der Waals surface area contributed by atoms with Gasteiger partial charge in [0.25, 0.3) is 0 Å². The summed E-state index contributed by atoms with van der Waals surface area (Å²) in [6.07, 6.45) is 30.0. The minimum atomic E-state index is 0.691. The SMILES string of the molecule is C#Cc1cc(CCCCCC)c(C#Cc2cc(CCCCCC)c(C#Cc3cc(CCCCCC)c(C#Cc4cc(CCCCCC)c(C#Cc5ccc(NC=O)cc5)s4)s3)s2)s1. The Hall–Kier alpha value is -4.71. The molecule has 0 spiro atoms. The largest absolute Gasteiger partial charge is 0.329 e. The highest BCUT2D eigenvalue weighted by Crippen LogP contribution is 2.29. The Kier molecular flexibility index (Phi) is 22.0. The molecule has 326 valence electrons. The molecule has 0 aliphatic heterocycles. The third kappa shape index (κ3) is 16.7. The molecule has 5 rings (SSSR count). The van der Waals surface area contributed by atoms with Crippen LogP contribution in [0.4, 0.5) is 5.69 Å². The number of rotatable bonds is 22. The fourth-order valence-corrected chi connectivity index (χ4v) is 10.9. The molecule has 0 fully saturated rings. The summed E-state index contributed by atoms with van der Waals surface area (Å²) in [4.78, 5) is 19.4. The van der Waals surface area contributed by atoms with E-state index in [4.69, 9.17) is 6.42 Å². The molecule has 1 aromatic carbocycles. The molecule has 2 nitrogen and oxygen atoms in total. The van der Waals surface area contributed by atoms with Crippen LogP contribution in [0.3, 0.4) is 0 Å². The number of unbranched alkanes of at least 4 members (excludes halogenated alkanes) is 12. The van der Waals surface area contributed by atoms with Crippen LogP contribution in [0.1, 0.15) is 197 Å². The number of nitrogens with one attached hydrogen (secondary N) is 1. The van der Waals surface area contributed by atoms with Gasteiger partial charge in [-0.2, -0.15) is 0 Å². The number of amides is 1. The normalized spacial score (nSPS) is 10.4.